The molecule has 0 atom stereocenters. The molecule has 0 bridgehead atoms. The molecule has 0 heterocycles. The lowest BCUT2D eigenvalue weighted by Crippen LogP contribution is -2.02. The molecule has 5 aromatic carbocycles. The Morgan fingerprint density at radius 2 is 0.620 bits per heavy atom. The van der Waals surface area contributed by atoms with Crippen molar-refractivity contribution in [3.8, 4) is 23.0 Å². The highest BCUT2D eigenvalue weighted by Gasteiger charge is 2.17. The van der Waals surface area contributed by atoms with Crippen LogP contribution in [0.2, 0.25) is 0 Å². The number of aldehydes is 5. The lowest BCUT2D eigenvalue weighted by atomic mass is 10.1. The van der Waals surface area contributed by atoms with Gasteiger partial charge in [0, 0.05) is 0 Å². The highest BCUT2D eigenvalue weighted by Crippen LogP contribution is 2.25. The third kappa shape index (κ3) is 20.1. The number of aryl methyl sites for hydroxylation is 1. The zero-order chi connectivity index (χ0) is 53.5. The average Bonchev–Trinajstić information content (AvgIpc) is 3.38. The van der Waals surface area contributed by atoms with Crippen LogP contribution in [0.15, 0.2) is 60.7 Å². The Bertz CT molecular complexity index is 2490. The van der Waals surface area contributed by atoms with Crippen LogP contribution in [0, 0.1) is 65.1 Å². The number of ether oxygens (including phenoxy) is 4. The van der Waals surface area contributed by atoms with E-state index in [1.807, 2.05) is 13.8 Å². The van der Waals surface area contributed by atoms with Crippen LogP contribution in [0.3, 0.4) is 0 Å². The fraction of sp³-hybridized carbons (Fsp3) is 0.327. The molecule has 0 amide bonds. The normalized spacial score (nSPS) is 10.0. The molecule has 0 saturated heterocycles. The molecular formula is C52H54F10O9. The van der Waals surface area contributed by atoms with Crippen LogP contribution in [-0.4, -0.2) is 58.4 Å². The Balaban J connectivity index is 0.000000448. The van der Waals surface area contributed by atoms with Crippen molar-refractivity contribution in [2.24, 2.45) is 0 Å². The summed E-state index contributed by atoms with van der Waals surface area (Å²) < 4.78 is 150. The highest BCUT2D eigenvalue weighted by molar-refractivity contribution is 5.77. The van der Waals surface area contributed by atoms with Crippen molar-refractivity contribution in [1.82, 2.24) is 0 Å². The van der Waals surface area contributed by atoms with E-state index in [0.717, 1.165) is 51.0 Å². The number of halogens is 10. The predicted molar refractivity (Wildman–Crippen MR) is 245 cm³/mol. The first-order chi connectivity index (χ1) is 34.0. The minimum atomic E-state index is -1.18. The van der Waals surface area contributed by atoms with E-state index in [2.05, 4.69) is 11.7 Å². The molecule has 0 aliphatic rings. The van der Waals surface area contributed by atoms with Crippen molar-refractivity contribution >= 4 is 31.4 Å². The van der Waals surface area contributed by atoms with Gasteiger partial charge in [-0.15, -0.1) is 0 Å². The SMILES string of the molecule is CCCCCCCOc1ccc(C=O)c(F)c1F.CCCCCOc1ccc(C=O)c(F)c1F.CCCOc1ccc(C=O)c(F)c1F.COc1ccc(C=O)c(F)c1F.Cc1ccc(C=O)c(F)c1F. The predicted octanol–water partition coefficient (Wildman–Crippen LogP) is 13.9. The number of hydrogen-bond donors (Lipinski definition) is 0. The molecule has 0 spiro atoms. The van der Waals surface area contributed by atoms with Gasteiger partial charge in [0.2, 0.25) is 23.3 Å². The van der Waals surface area contributed by atoms with Gasteiger partial charge < -0.3 is 18.9 Å². The van der Waals surface area contributed by atoms with Crippen LogP contribution in [0.1, 0.15) is 136 Å². The maximum atomic E-state index is 13.4. The topological polar surface area (TPSA) is 122 Å². The van der Waals surface area contributed by atoms with Gasteiger partial charge in [0.05, 0.1) is 54.7 Å². The Morgan fingerprint density at radius 1 is 0.338 bits per heavy atom. The van der Waals surface area contributed by atoms with E-state index in [-0.39, 0.29) is 87.8 Å². The largest absolute Gasteiger partial charge is 0.494 e. The summed E-state index contributed by atoms with van der Waals surface area (Å²) in [5.74, 6) is -11.7. The van der Waals surface area contributed by atoms with Crippen molar-refractivity contribution in [3.63, 3.8) is 0 Å². The van der Waals surface area contributed by atoms with Gasteiger partial charge in [-0.1, -0.05) is 65.4 Å². The number of rotatable bonds is 21. The van der Waals surface area contributed by atoms with Crippen LogP contribution in [0.25, 0.3) is 0 Å². The van der Waals surface area contributed by atoms with Crippen LogP contribution in [-0.2, 0) is 0 Å². The smallest absolute Gasteiger partial charge is 0.201 e. The second-order valence-electron chi connectivity index (χ2n) is 14.7. The second-order valence-corrected chi connectivity index (χ2v) is 14.7. The summed E-state index contributed by atoms with van der Waals surface area (Å²) in [6.07, 6.45) is 10.2. The third-order valence-electron chi connectivity index (χ3n) is 9.44. The molecule has 19 heteroatoms. The first kappa shape index (κ1) is 62.0. The number of carbonyl (C=O) groups is 5. The zero-order valence-electron chi connectivity index (χ0n) is 39.6. The molecule has 0 N–H and O–H groups in total. The van der Waals surface area contributed by atoms with Gasteiger partial charge in [-0.05, 0) is 86.3 Å². The van der Waals surface area contributed by atoms with E-state index >= 15 is 0 Å². The number of carbonyl (C=O) groups excluding carboxylic acids is 5. The Morgan fingerprint density at radius 3 is 0.958 bits per heavy atom. The minimum absolute atomic E-state index is 0.131. The Hall–Kier alpha value is -7.05. The van der Waals surface area contributed by atoms with Crippen molar-refractivity contribution in [3.05, 3.63) is 152 Å². The summed E-state index contributed by atoms with van der Waals surface area (Å²) in [6.45, 7) is 8.49. The minimum Gasteiger partial charge on any atom is -0.494 e. The van der Waals surface area contributed by atoms with Crippen LogP contribution >= 0.6 is 0 Å². The van der Waals surface area contributed by atoms with Gasteiger partial charge in [0.1, 0.15) is 0 Å². The first-order valence-electron chi connectivity index (χ1n) is 22.0. The van der Waals surface area contributed by atoms with Gasteiger partial charge in [0.15, 0.2) is 89.3 Å². The number of hydrogen-bond acceptors (Lipinski definition) is 9. The second kappa shape index (κ2) is 34.3. The van der Waals surface area contributed by atoms with E-state index in [4.69, 9.17) is 14.2 Å². The lowest BCUT2D eigenvalue weighted by Gasteiger charge is -2.08. The fourth-order valence-corrected chi connectivity index (χ4v) is 5.43. The van der Waals surface area contributed by atoms with Gasteiger partial charge in [-0.25, -0.2) is 26.3 Å². The third-order valence-corrected chi connectivity index (χ3v) is 9.44. The monoisotopic (exact) mass is 1010 g/mol. The molecule has 0 aliphatic heterocycles. The Labute approximate surface area is 405 Å². The Kier molecular flexibility index (Phi) is 29.9. The zero-order valence-corrected chi connectivity index (χ0v) is 39.6. The lowest BCUT2D eigenvalue weighted by molar-refractivity contribution is 0.111. The van der Waals surface area contributed by atoms with Crippen molar-refractivity contribution in [1.29, 1.82) is 0 Å². The quantitative estimate of drug-likeness (QED) is 0.0402. The summed E-state index contributed by atoms with van der Waals surface area (Å²) in [5, 5.41) is 0. The van der Waals surface area contributed by atoms with E-state index in [1.165, 1.54) is 75.1 Å². The van der Waals surface area contributed by atoms with E-state index in [9.17, 15) is 67.9 Å². The molecule has 0 saturated carbocycles. The van der Waals surface area contributed by atoms with Crippen molar-refractivity contribution < 1.29 is 86.8 Å². The van der Waals surface area contributed by atoms with E-state index < -0.39 is 58.2 Å². The van der Waals surface area contributed by atoms with E-state index in [0.29, 0.717) is 26.2 Å². The number of benzene rings is 5. The van der Waals surface area contributed by atoms with Gasteiger partial charge >= 0.3 is 0 Å². The van der Waals surface area contributed by atoms with Crippen LogP contribution < -0.4 is 18.9 Å². The molecule has 5 aromatic rings. The van der Waals surface area contributed by atoms with Crippen LogP contribution in [0.5, 0.6) is 23.0 Å². The summed E-state index contributed by atoms with van der Waals surface area (Å²) in [7, 11) is 1.22. The molecule has 0 aromatic heterocycles. The van der Waals surface area contributed by atoms with Crippen molar-refractivity contribution in [2.45, 2.75) is 85.5 Å². The van der Waals surface area contributed by atoms with Crippen LogP contribution in [0.4, 0.5) is 43.9 Å². The van der Waals surface area contributed by atoms with Gasteiger partial charge in [0.25, 0.3) is 0 Å². The maximum Gasteiger partial charge on any atom is 0.201 e. The van der Waals surface area contributed by atoms with Gasteiger partial charge in [-0.2, -0.15) is 17.6 Å². The molecule has 386 valence electrons. The molecule has 9 nitrogen and oxygen atoms in total. The molecular weight excluding hydrogens is 959 g/mol. The summed E-state index contributed by atoms with van der Waals surface area (Å²) in [6, 6.07) is 12.4. The first-order valence-corrected chi connectivity index (χ1v) is 22.0. The standard InChI is InChI=1S/C14H18F2O2.C12H14F2O2.C10H10F2O2.C8H6F2O2.C8H6F2O/c1-2-3-4-5-6-9-18-12-8-7-11(10-17)13(15)14(12)16;1-2-3-4-7-16-10-6-5-9(8-15)11(13)12(10)14;1-2-5-14-8-4-3-7(6-13)9(11)10(8)12;1-12-6-3-2-5(4-11)7(9)8(6)10;1-5-2-3-6(4-11)8(10)7(5)9/h7-8,10H,2-6,9H2,1H3;5-6,8H,2-4,7H2,1H3;3-4,6H,2,5H2,1H3;2-4H,1H3;2-4H,1H3. The molecule has 5 rings (SSSR count). The average molecular weight is 1010 g/mol. The molecule has 0 fully saturated rings. The summed E-state index contributed by atoms with van der Waals surface area (Å²) in [5.41, 5.74) is -1.23. The summed E-state index contributed by atoms with van der Waals surface area (Å²) in [4.78, 5) is 51.2. The molecule has 71 heavy (non-hydrogen) atoms. The van der Waals surface area contributed by atoms with Crippen molar-refractivity contribution in [2.75, 3.05) is 26.9 Å². The maximum absolute atomic E-state index is 13.4. The number of methoxy groups -OCH3 is 1. The molecule has 0 aliphatic carbocycles. The van der Waals surface area contributed by atoms with Gasteiger partial charge in [-0.3, -0.25) is 24.0 Å². The number of unbranched alkanes of at least 4 members (excludes halogenated alkanes) is 6. The highest BCUT2D eigenvalue weighted by atomic mass is 19.2. The molecule has 0 radical (unpaired) electrons. The molecule has 0 unspecified atom stereocenters. The fourth-order valence-electron chi connectivity index (χ4n) is 5.43. The van der Waals surface area contributed by atoms with E-state index in [1.54, 1.807) is 0 Å². The summed E-state index contributed by atoms with van der Waals surface area (Å²) >= 11 is 0.